The Morgan fingerprint density at radius 1 is 1.44 bits per heavy atom. The molecule has 1 atom stereocenters. The van der Waals surface area contributed by atoms with Crippen molar-refractivity contribution in [1.82, 2.24) is 5.32 Å². The zero-order valence-electron chi connectivity index (χ0n) is 9.98. The van der Waals surface area contributed by atoms with Crippen molar-refractivity contribution in [2.24, 2.45) is 0 Å². The van der Waals surface area contributed by atoms with Crippen LogP contribution < -0.4 is 5.32 Å². The average Bonchev–Trinajstić information content (AvgIpc) is 2.90. The fourth-order valence-corrected chi connectivity index (χ4v) is 2.47. The highest BCUT2D eigenvalue weighted by atomic mass is 32.1. The molecule has 0 aliphatic heterocycles. The summed E-state index contributed by atoms with van der Waals surface area (Å²) in [6, 6.07) is 8.55. The summed E-state index contributed by atoms with van der Waals surface area (Å²) in [5.41, 5.74) is 2.41. The topological polar surface area (TPSA) is 35.8 Å². The number of nitrogens with one attached hydrogen (secondary N) is 1. The van der Waals surface area contributed by atoms with E-state index in [9.17, 15) is 4.39 Å². The molecule has 0 aliphatic carbocycles. The van der Waals surface area contributed by atoms with Crippen LogP contribution in [0.1, 0.15) is 29.7 Å². The standard InChI is InChI=1S/C14H13FN2S/c1-10(12-4-5-18-9-12)17-8-13-6-14(15)3-2-11(13)7-16/h2-6,9-10,17H,8H2,1H3. The fourth-order valence-electron chi connectivity index (χ4n) is 1.72. The number of hydrogen-bond acceptors (Lipinski definition) is 3. The van der Waals surface area contributed by atoms with Crippen molar-refractivity contribution >= 4 is 11.3 Å². The third-order valence-corrected chi connectivity index (χ3v) is 3.53. The van der Waals surface area contributed by atoms with E-state index >= 15 is 0 Å². The van der Waals surface area contributed by atoms with Crippen LogP contribution in [-0.4, -0.2) is 0 Å². The van der Waals surface area contributed by atoms with Crippen molar-refractivity contribution in [2.75, 3.05) is 0 Å². The molecule has 4 heteroatoms. The SMILES string of the molecule is CC(NCc1cc(F)ccc1C#N)c1ccsc1. The van der Waals surface area contributed by atoms with E-state index in [2.05, 4.69) is 22.8 Å². The molecule has 2 aromatic rings. The van der Waals surface area contributed by atoms with E-state index in [1.54, 1.807) is 11.3 Å². The minimum Gasteiger partial charge on any atom is -0.306 e. The Morgan fingerprint density at radius 2 is 2.28 bits per heavy atom. The van der Waals surface area contributed by atoms with Crippen LogP contribution in [0.25, 0.3) is 0 Å². The van der Waals surface area contributed by atoms with Gasteiger partial charge < -0.3 is 5.32 Å². The summed E-state index contributed by atoms with van der Waals surface area (Å²) in [4.78, 5) is 0. The van der Waals surface area contributed by atoms with Gasteiger partial charge in [0.05, 0.1) is 11.6 Å². The quantitative estimate of drug-likeness (QED) is 0.911. The second-order valence-corrected chi connectivity index (χ2v) is 4.85. The summed E-state index contributed by atoms with van der Waals surface area (Å²) in [5, 5.41) is 16.4. The lowest BCUT2D eigenvalue weighted by molar-refractivity contribution is 0.570. The lowest BCUT2D eigenvalue weighted by Gasteiger charge is -2.13. The molecule has 18 heavy (non-hydrogen) atoms. The summed E-state index contributed by atoms with van der Waals surface area (Å²) in [6.07, 6.45) is 0. The van der Waals surface area contributed by atoms with Crippen molar-refractivity contribution in [3.63, 3.8) is 0 Å². The molecular weight excluding hydrogens is 247 g/mol. The Morgan fingerprint density at radius 3 is 2.94 bits per heavy atom. The minimum atomic E-state index is -0.311. The van der Waals surface area contributed by atoms with Gasteiger partial charge in [-0.25, -0.2) is 4.39 Å². The lowest BCUT2D eigenvalue weighted by Crippen LogP contribution is -2.18. The predicted octanol–water partition coefficient (Wildman–Crippen LogP) is 3.61. The molecular formula is C14H13FN2S. The molecule has 2 nitrogen and oxygen atoms in total. The highest BCUT2D eigenvalue weighted by Crippen LogP contribution is 2.17. The van der Waals surface area contributed by atoms with E-state index < -0.39 is 0 Å². The predicted molar refractivity (Wildman–Crippen MR) is 70.7 cm³/mol. The first-order valence-electron chi connectivity index (χ1n) is 5.64. The first-order valence-corrected chi connectivity index (χ1v) is 6.59. The number of nitrogens with zero attached hydrogens (tertiary/aromatic N) is 1. The Hall–Kier alpha value is -1.70. The normalized spacial score (nSPS) is 12.1. The number of benzene rings is 1. The Labute approximate surface area is 110 Å². The molecule has 92 valence electrons. The van der Waals surface area contributed by atoms with Gasteiger partial charge >= 0.3 is 0 Å². The van der Waals surface area contributed by atoms with Crippen LogP contribution in [0.3, 0.4) is 0 Å². The van der Waals surface area contributed by atoms with Gasteiger partial charge in [0.2, 0.25) is 0 Å². The van der Waals surface area contributed by atoms with Gasteiger partial charge in [-0.2, -0.15) is 16.6 Å². The van der Waals surface area contributed by atoms with Gasteiger partial charge in [0.25, 0.3) is 0 Å². The molecule has 1 aromatic heterocycles. The highest BCUT2D eigenvalue weighted by Gasteiger charge is 2.08. The fraction of sp³-hybridized carbons (Fsp3) is 0.214. The summed E-state index contributed by atoms with van der Waals surface area (Å²) >= 11 is 1.65. The van der Waals surface area contributed by atoms with Gasteiger partial charge in [-0.05, 0) is 53.1 Å². The van der Waals surface area contributed by atoms with Crippen LogP contribution in [0, 0.1) is 17.1 Å². The molecule has 0 radical (unpaired) electrons. The Kier molecular flexibility index (Phi) is 4.08. The summed E-state index contributed by atoms with van der Waals surface area (Å²) in [7, 11) is 0. The van der Waals surface area contributed by atoms with Crippen molar-refractivity contribution in [3.8, 4) is 6.07 Å². The Balaban J connectivity index is 2.06. The zero-order valence-corrected chi connectivity index (χ0v) is 10.8. The van der Waals surface area contributed by atoms with E-state index in [0.717, 1.165) is 0 Å². The van der Waals surface area contributed by atoms with Crippen molar-refractivity contribution < 1.29 is 4.39 Å². The molecule has 0 fully saturated rings. The monoisotopic (exact) mass is 260 g/mol. The van der Waals surface area contributed by atoms with Crippen molar-refractivity contribution in [2.45, 2.75) is 19.5 Å². The molecule has 1 aromatic carbocycles. The second kappa shape index (κ2) is 5.76. The molecule has 0 aliphatic rings. The van der Waals surface area contributed by atoms with Crippen LogP contribution in [0.5, 0.6) is 0 Å². The van der Waals surface area contributed by atoms with E-state index in [0.29, 0.717) is 17.7 Å². The molecule has 0 saturated heterocycles. The first kappa shape index (κ1) is 12.7. The van der Waals surface area contributed by atoms with Gasteiger partial charge in [0, 0.05) is 12.6 Å². The van der Waals surface area contributed by atoms with E-state index in [1.807, 2.05) is 12.3 Å². The van der Waals surface area contributed by atoms with Crippen LogP contribution in [0.2, 0.25) is 0 Å². The number of nitriles is 1. The first-order chi connectivity index (χ1) is 8.70. The van der Waals surface area contributed by atoms with Gasteiger partial charge in [-0.15, -0.1) is 0 Å². The van der Waals surface area contributed by atoms with Crippen LogP contribution in [-0.2, 0) is 6.54 Å². The van der Waals surface area contributed by atoms with Gasteiger partial charge in [0.1, 0.15) is 5.82 Å². The maximum absolute atomic E-state index is 13.1. The summed E-state index contributed by atoms with van der Waals surface area (Å²) in [6.45, 7) is 2.53. The van der Waals surface area contributed by atoms with Crippen molar-refractivity contribution in [3.05, 3.63) is 57.5 Å². The smallest absolute Gasteiger partial charge is 0.123 e. The molecule has 2 rings (SSSR count). The third-order valence-electron chi connectivity index (χ3n) is 2.83. The third kappa shape index (κ3) is 2.95. The van der Waals surface area contributed by atoms with E-state index in [4.69, 9.17) is 5.26 Å². The maximum Gasteiger partial charge on any atom is 0.123 e. The summed E-state index contributed by atoms with van der Waals surface area (Å²) in [5.74, 6) is -0.311. The van der Waals surface area contributed by atoms with Crippen molar-refractivity contribution in [1.29, 1.82) is 5.26 Å². The van der Waals surface area contributed by atoms with Crippen LogP contribution in [0.4, 0.5) is 4.39 Å². The zero-order chi connectivity index (χ0) is 13.0. The van der Waals surface area contributed by atoms with Gasteiger partial charge in [-0.1, -0.05) is 0 Å². The maximum atomic E-state index is 13.1. The van der Waals surface area contributed by atoms with Gasteiger partial charge in [-0.3, -0.25) is 0 Å². The lowest BCUT2D eigenvalue weighted by atomic mass is 10.1. The second-order valence-electron chi connectivity index (χ2n) is 4.07. The molecule has 0 bridgehead atoms. The molecule has 0 saturated carbocycles. The number of rotatable bonds is 4. The van der Waals surface area contributed by atoms with Crippen LogP contribution >= 0.6 is 11.3 Å². The van der Waals surface area contributed by atoms with E-state index in [1.165, 1.54) is 23.8 Å². The number of thiophene rings is 1. The number of halogens is 1. The van der Waals surface area contributed by atoms with E-state index in [-0.39, 0.29) is 11.9 Å². The molecule has 1 unspecified atom stereocenters. The average molecular weight is 260 g/mol. The minimum absolute atomic E-state index is 0.186. The largest absolute Gasteiger partial charge is 0.306 e. The molecule has 0 spiro atoms. The summed E-state index contributed by atoms with van der Waals surface area (Å²) < 4.78 is 13.1. The Bertz CT molecular complexity index is 558. The highest BCUT2D eigenvalue weighted by molar-refractivity contribution is 7.07. The number of hydrogen-bond donors (Lipinski definition) is 1. The molecule has 0 amide bonds. The van der Waals surface area contributed by atoms with Crippen LogP contribution in [0.15, 0.2) is 35.0 Å². The molecule has 1 heterocycles. The molecule has 1 N–H and O–H groups in total. The van der Waals surface area contributed by atoms with Gasteiger partial charge in [0.15, 0.2) is 0 Å².